The molecule has 0 bridgehead atoms. The zero-order chi connectivity index (χ0) is 35.4. The molecule has 0 rings (SSSR count). The molecule has 276 valence electrons. The summed E-state index contributed by atoms with van der Waals surface area (Å²) in [6.45, 7) is 10.4. The predicted molar refractivity (Wildman–Crippen MR) is 172 cm³/mol. The van der Waals surface area contributed by atoms with Crippen LogP contribution in [-0.4, -0.2) is 156 Å². The van der Waals surface area contributed by atoms with Crippen LogP contribution in [0, 0.1) is 0 Å². The minimum Gasteiger partial charge on any atom is -0.444 e. The summed E-state index contributed by atoms with van der Waals surface area (Å²) in [4.78, 5) is 20.9. The molecule has 0 heterocycles. The Morgan fingerprint density at radius 2 is 0.771 bits per heavy atom. The molecule has 0 saturated carbocycles. The van der Waals surface area contributed by atoms with Crippen molar-refractivity contribution >= 4 is 6.09 Å². The number of nitrogens with one attached hydrogen (secondary N) is 1. The van der Waals surface area contributed by atoms with E-state index in [4.69, 9.17) is 64.0 Å². The number of rotatable bonds is 34. The number of hydrogen-bond acceptors (Lipinski definition) is 14. The summed E-state index contributed by atoms with van der Waals surface area (Å²) >= 11 is 0. The second-order valence-electron chi connectivity index (χ2n) is 10.6. The van der Waals surface area contributed by atoms with E-state index >= 15 is 0 Å². The van der Waals surface area contributed by atoms with Gasteiger partial charge in [0.1, 0.15) is 11.1 Å². The van der Waals surface area contributed by atoms with Crippen LogP contribution in [0.4, 0.5) is 4.79 Å². The van der Waals surface area contributed by atoms with Gasteiger partial charge in [-0.05, 0) is 37.4 Å². The van der Waals surface area contributed by atoms with Gasteiger partial charge in [-0.15, -0.1) is 0 Å². The van der Waals surface area contributed by atoms with Gasteiger partial charge in [0.25, 0.3) is 0 Å². The molecule has 48 heavy (non-hydrogen) atoms. The van der Waals surface area contributed by atoms with E-state index in [-0.39, 0.29) is 79.1 Å². The van der Waals surface area contributed by atoms with Crippen molar-refractivity contribution in [2.24, 2.45) is 15.3 Å². The van der Waals surface area contributed by atoms with Crippen molar-refractivity contribution < 1.29 is 52.2 Å². The highest BCUT2D eigenvalue weighted by molar-refractivity contribution is 5.69. The molecule has 0 atom stereocenters. The largest absolute Gasteiger partial charge is 0.444 e. The number of azide groups is 3. The van der Waals surface area contributed by atoms with Crippen LogP contribution < -0.4 is 5.32 Å². The fraction of sp³-hybridized carbons (Fsp3) is 0.963. The maximum atomic E-state index is 12.9. The Morgan fingerprint density at radius 3 is 1.04 bits per heavy atom. The first-order valence-electron chi connectivity index (χ1n) is 15.5. The van der Waals surface area contributed by atoms with Crippen molar-refractivity contribution in [1.82, 2.24) is 5.32 Å². The van der Waals surface area contributed by atoms with Crippen molar-refractivity contribution in [2.45, 2.75) is 31.9 Å². The summed E-state index contributed by atoms with van der Waals surface area (Å²) in [5.41, 5.74) is 23.0. The third kappa shape index (κ3) is 31.4. The zero-order valence-corrected chi connectivity index (χ0v) is 28.4. The second kappa shape index (κ2) is 32.4. The Kier molecular flexibility index (Phi) is 30.3. The first-order chi connectivity index (χ1) is 23.3. The minimum atomic E-state index is -1.14. The Morgan fingerprint density at radius 1 is 0.500 bits per heavy atom. The van der Waals surface area contributed by atoms with Crippen LogP contribution in [0.25, 0.3) is 31.3 Å². The van der Waals surface area contributed by atoms with Crippen LogP contribution in [0.1, 0.15) is 20.8 Å². The van der Waals surface area contributed by atoms with E-state index in [1.54, 1.807) is 20.8 Å². The van der Waals surface area contributed by atoms with Crippen LogP contribution in [0.2, 0.25) is 0 Å². The van der Waals surface area contributed by atoms with Crippen molar-refractivity contribution in [1.29, 1.82) is 0 Å². The Hall–Kier alpha value is -3.16. The molecule has 0 aromatic heterocycles. The average Bonchev–Trinajstić information content (AvgIpc) is 3.04. The van der Waals surface area contributed by atoms with Crippen molar-refractivity contribution in [3.63, 3.8) is 0 Å². The Labute approximate surface area is 280 Å². The Bertz CT molecular complexity index is 849. The molecule has 0 spiro atoms. The van der Waals surface area contributed by atoms with Gasteiger partial charge in [0.15, 0.2) is 0 Å². The number of alkyl carbamates (subject to hydrolysis) is 1. The van der Waals surface area contributed by atoms with Crippen LogP contribution in [0.5, 0.6) is 0 Å². The van der Waals surface area contributed by atoms with E-state index < -0.39 is 17.2 Å². The van der Waals surface area contributed by atoms with Crippen LogP contribution in [-0.2, 0) is 47.4 Å². The highest BCUT2D eigenvalue weighted by Crippen LogP contribution is 2.13. The molecule has 0 saturated heterocycles. The van der Waals surface area contributed by atoms with E-state index in [1.165, 1.54) is 0 Å². The summed E-state index contributed by atoms with van der Waals surface area (Å²) in [7, 11) is 0. The van der Waals surface area contributed by atoms with Gasteiger partial charge in [0.05, 0.1) is 119 Å². The number of ether oxygens (including phenoxy) is 10. The molecular formula is C27H52N10O11. The molecule has 0 fully saturated rings. The molecule has 1 amide bonds. The molecule has 0 aromatic rings. The molecule has 0 aliphatic heterocycles. The smallest absolute Gasteiger partial charge is 0.408 e. The Balaban J connectivity index is 4.99. The number of carbonyl (C=O) groups is 1. The summed E-state index contributed by atoms with van der Waals surface area (Å²) in [5.74, 6) is 0. The first-order valence-corrected chi connectivity index (χ1v) is 15.5. The standard InChI is InChI=1S/C27H52N10O11/c1-26(2,3)48-25(38)34-27(22-45-19-16-42-13-10-39-7-4-31-35-28,23-46-20-17-43-14-11-40-8-5-32-36-29)24-47-21-18-44-15-12-41-9-6-33-37-30/h4-24H2,1-3H3,(H,34,38). The van der Waals surface area contributed by atoms with Crippen LogP contribution in [0.15, 0.2) is 15.3 Å². The van der Waals surface area contributed by atoms with Crippen LogP contribution >= 0.6 is 0 Å². The molecule has 0 aromatic carbocycles. The maximum Gasteiger partial charge on any atom is 0.408 e. The lowest BCUT2D eigenvalue weighted by Gasteiger charge is -2.35. The maximum absolute atomic E-state index is 12.9. The molecule has 0 aliphatic rings. The molecule has 0 unspecified atom stereocenters. The fourth-order valence-electron chi connectivity index (χ4n) is 3.33. The van der Waals surface area contributed by atoms with E-state index in [2.05, 4.69) is 35.4 Å². The summed E-state index contributed by atoms with van der Waals surface area (Å²) in [6.07, 6.45) is -0.671. The topological polar surface area (TPSA) is 268 Å². The van der Waals surface area contributed by atoms with Gasteiger partial charge in [-0.25, -0.2) is 4.79 Å². The lowest BCUT2D eigenvalue weighted by atomic mass is 10.0. The summed E-state index contributed by atoms with van der Waals surface area (Å²) in [6, 6.07) is 0. The molecule has 21 heteroatoms. The molecule has 21 nitrogen and oxygen atoms in total. The number of amides is 1. The molecule has 1 N–H and O–H groups in total. The van der Waals surface area contributed by atoms with Crippen LogP contribution in [0.3, 0.4) is 0 Å². The van der Waals surface area contributed by atoms with Gasteiger partial charge in [-0.1, -0.05) is 15.3 Å². The fourth-order valence-corrected chi connectivity index (χ4v) is 3.33. The van der Waals surface area contributed by atoms with Crippen molar-refractivity contribution in [3.05, 3.63) is 31.3 Å². The number of carbonyl (C=O) groups excluding carboxylic acids is 1. The van der Waals surface area contributed by atoms with Gasteiger partial charge in [0.2, 0.25) is 0 Å². The number of nitrogens with zero attached hydrogens (tertiary/aromatic N) is 9. The molecule has 0 radical (unpaired) electrons. The van der Waals surface area contributed by atoms with Gasteiger partial charge < -0.3 is 52.7 Å². The monoisotopic (exact) mass is 692 g/mol. The third-order valence-corrected chi connectivity index (χ3v) is 5.33. The number of hydrogen-bond donors (Lipinski definition) is 1. The average molecular weight is 693 g/mol. The SMILES string of the molecule is CC(C)(C)OC(=O)NC(COCCOCCOCCN=[N+]=[N-])(COCCOCCOCCN=[N+]=[N-])COCCOCCOCCN=[N+]=[N-]. The van der Waals surface area contributed by atoms with Crippen molar-refractivity contribution in [3.8, 4) is 0 Å². The third-order valence-electron chi connectivity index (χ3n) is 5.33. The van der Waals surface area contributed by atoms with Gasteiger partial charge >= 0.3 is 6.09 Å². The highest BCUT2D eigenvalue weighted by Gasteiger charge is 2.35. The minimum absolute atomic E-state index is 0.0119. The quantitative estimate of drug-likeness (QED) is 0.0442. The summed E-state index contributed by atoms with van der Waals surface area (Å²) in [5, 5.41) is 13.0. The lowest BCUT2D eigenvalue weighted by Crippen LogP contribution is -2.59. The predicted octanol–water partition coefficient (Wildman–Crippen LogP) is 3.33. The van der Waals surface area contributed by atoms with E-state index in [0.29, 0.717) is 59.5 Å². The van der Waals surface area contributed by atoms with Gasteiger partial charge in [-0.2, -0.15) is 0 Å². The summed E-state index contributed by atoms with van der Waals surface area (Å²) < 4.78 is 55.6. The van der Waals surface area contributed by atoms with E-state index in [1.807, 2.05) is 0 Å². The molecule has 0 aliphatic carbocycles. The zero-order valence-electron chi connectivity index (χ0n) is 28.4. The van der Waals surface area contributed by atoms with E-state index in [9.17, 15) is 4.79 Å². The van der Waals surface area contributed by atoms with Gasteiger partial charge in [-0.3, -0.25) is 0 Å². The van der Waals surface area contributed by atoms with E-state index in [0.717, 1.165) is 0 Å². The normalized spacial score (nSPS) is 12.3. The second-order valence-corrected chi connectivity index (χ2v) is 10.6. The van der Waals surface area contributed by atoms with Crippen molar-refractivity contribution in [2.75, 3.05) is 139 Å². The molecular weight excluding hydrogens is 640 g/mol. The first kappa shape index (κ1) is 44.8. The highest BCUT2D eigenvalue weighted by atomic mass is 16.6. The van der Waals surface area contributed by atoms with Gasteiger partial charge in [0, 0.05) is 34.4 Å². The lowest BCUT2D eigenvalue weighted by molar-refractivity contribution is -0.0680.